The zero-order valence-corrected chi connectivity index (χ0v) is 12.9. The number of carbonyl (C=O) groups excluding carboxylic acids is 1. The van der Waals surface area contributed by atoms with Gasteiger partial charge in [0.05, 0.1) is 11.5 Å². The number of hydrogen-bond acceptors (Lipinski definition) is 4. The first-order valence-corrected chi connectivity index (χ1v) is 7.62. The third kappa shape index (κ3) is 4.55. The summed E-state index contributed by atoms with van der Waals surface area (Å²) in [6, 6.07) is 9.74. The summed E-state index contributed by atoms with van der Waals surface area (Å²) in [6.45, 7) is 3.66. The molecule has 1 aromatic carbocycles. The molecule has 1 atom stereocenters. The minimum Gasteiger partial charge on any atom is -0.461 e. The summed E-state index contributed by atoms with van der Waals surface area (Å²) >= 11 is 0. The molecule has 1 saturated carbocycles. The molecule has 4 nitrogen and oxygen atoms in total. The summed E-state index contributed by atoms with van der Waals surface area (Å²) in [5.74, 6) is -0.311. The zero-order valence-electron chi connectivity index (χ0n) is 12.9. The Bertz CT molecular complexity index is 437. The van der Waals surface area contributed by atoms with E-state index in [-0.39, 0.29) is 17.5 Å². The van der Waals surface area contributed by atoms with Crippen molar-refractivity contribution in [2.24, 2.45) is 5.92 Å². The highest BCUT2D eigenvalue weighted by Gasteiger charge is 2.36. The van der Waals surface area contributed by atoms with Gasteiger partial charge in [-0.1, -0.05) is 37.3 Å². The molecule has 1 fully saturated rings. The Morgan fingerprint density at radius 1 is 1.33 bits per heavy atom. The molecule has 1 aliphatic carbocycles. The molecule has 4 heteroatoms. The largest absolute Gasteiger partial charge is 0.461 e. The van der Waals surface area contributed by atoms with Crippen molar-refractivity contribution in [3.63, 3.8) is 0 Å². The van der Waals surface area contributed by atoms with Crippen molar-refractivity contribution in [3.05, 3.63) is 35.9 Å². The fourth-order valence-electron chi connectivity index (χ4n) is 2.49. The lowest BCUT2D eigenvalue weighted by Gasteiger charge is -2.40. The molecule has 2 rings (SSSR count). The smallest absolute Gasteiger partial charge is 0.310 e. The van der Waals surface area contributed by atoms with E-state index in [0.717, 1.165) is 24.9 Å². The maximum Gasteiger partial charge on any atom is 0.310 e. The SMILES string of the molecule is COC1(CNCC(C)C(=O)OCc2ccccc2)CCC1. The number of ether oxygens (including phenoxy) is 2. The van der Waals surface area contributed by atoms with Gasteiger partial charge in [-0.25, -0.2) is 0 Å². The number of hydrogen-bond donors (Lipinski definition) is 1. The predicted octanol–water partition coefficient (Wildman–Crippen LogP) is 2.52. The molecule has 0 aromatic heterocycles. The van der Waals surface area contributed by atoms with Crippen LogP contribution in [0.1, 0.15) is 31.7 Å². The summed E-state index contributed by atoms with van der Waals surface area (Å²) in [5, 5.41) is 3.33. The molecule has 0 radical (unpaired) electrons. The molecule has 1 unspecified atom stereocenters. The highest BCUT2D eigenvalue weighted by molar-refractivity contribution is 5.72. The van der Waals surface area contributed by atoms with Gasteiger partial charge in [0.15, 0.2) is 0 Å². The van der Waals surface area contributed by atoms with Crippen LogP contribution >= 0.6 is 0 Å². The van der Waals surface area contributed by atoms with E-state index in [9.17, 15) is 4.79 Å². The number of methoxy groups -OCH3 is 1. The molecular formula is C17H25NO3. The first kappa shape index (κ1) is 16.0. The average Bonchev–Trinajstić information content (AvgIpc) is 2.48. The summed E-state index contributed by atoms with van der Waals surface area (Å²) in [7, 11) is 1.76. The van der Waals surface area contributed by atoms with Gasteiger partial charge in [-0.05, 0) is 24.8 Å². The van der Waals surface area contributed by atoms with Gasteiger partial charge in [0.25, 0.3) is 0 Å². The first-order chi connectivity index (χ1) is 10.2. The summed E-state index contributed by atoms with van der Waals surface area (Å²) in [5.41, 5.74) is 1.01. The van der Waals surface area contributed by atoms with Crippen LogP contribution in [0.25, 0.3) is 0 Å². The lowest BCUT2D eigenvalue weighted by molar-refractivity contribution is -0.149. The molecule has 21 heavy (non-hydrogen) atoms. The standard InChI is InChI=1S/C17H25NO3/c1-14(11-18-13-17(20-2)9-6-10-17)16(19)21-12-15-7-4-3-5-8-15/h3-5,7-8,14,18H,6,9-13H2,1-2H3. The number of carbonyl (C=O) groups is 1. The Morgan fingerprint density at radius 2 is 2.05 bits per heavy atom. The fraction of sp³-hybridized carbons (Fsp3) is 0.588. The Kier molecular flexibility index (Phi) is 5.76. The van der Waals surface area contributed by atoms with Crippen LogP contribution in [0, 0.1) is 5.92 Å². The molecule has 0 heterocycles. The second kappa shape index (κ2) is 7.57. The van der Waals surface area contributed by atoms with Crippen molar-refractivity contribution in [3.8, 4) is 0 Å². The van der Waals surface area contributed by atoms with Crippen LogP contribution in [0.3, 0.4) is 0 Å². The Labute approximate surface area is 126 Å². The summed E-state index contributed by atoms with van der Waals surface area (Å²) in [4.78, 5) is 11.9. The van der Waals surface area contributed by atoms with Crippen molar-refractivity contribution in [1.82, 2.24) is 5.32 Å². The molecule has 0 bridgehead atoms. The zero-order chi connectivity index (χ0) is 15.1. The molecule has 0 saturated heterocycles. The van der Waals surface area contributed by atoms with Gasteiger partial charge in [0.2, 0.25) is 0 Å². The summed E-state index contributed by atoms with van der Waals surface area (Å²) in [6.07, 6.45) is 3.43. The second-order valence-corrected chi connectivity index (χ2v) is 5.87. The van der Waals surface area contributed by atoms with Crippen LogP contribution in [-0.2, 0) is 20.9 Å². The van der Waals surface area contributed by atoms with E-state index in [4.69, 9.17) is 9.47 Å². The van der Waals surface area contributed by atoms with E-state index in [1.165, 1.54) is 6.42 Å². The molecule has 1 aliphatic rings. The Hall–Kier alpha value is -1.39. The Morgan fingerprint density at radius 3 is 2.62 bits per heavy atom. The minimum absolute atomic E-state index is 0.00629. The maximum atomic E-state index is 11.9. The van der Waals surface area contributed by atoms with E-state index in [2.05, 4.69) is 5.32 Å². The molecule has 116 valence electrons. The van der Waals surface area contributed by atoms with Crippen molar-refractivity contribution in [1.29, 1.82) is 0 Å². The van der Waals surface area contributed by atoms with Crippen molar-refractivity contribution in [2.75, 3.05) is 20.2 Å². The monoisotopic (exact) mass is 291 g/mol. The molecule has 0 amide bonds. The van der Waals surface area contributed by atoms with Crippen molar-refractivity contribution < 1.29 is 14.3 Å². The van der Waals surface area contributed by atoms with Crippen LogP contribution in [0.15, 0.2) is 30.3 Å². The van der Waals surface area contributed by atoms with E-state index >= 15 is 0 Å². The highest BCUT2D eigenvalue weighted by atomic mass is 16.5. The quantitative estimate of drug-likeness (QED) is 0.748. The van der Waals surface area contributed by atoms with E-state index < -0.39 is 0 Å². The maximum absolute atomic E-state index is 11.9. The van der Waals surface area contributed by atoms with Crippen LogP contribution < -0.4 is 5.32 Å². The number of rotatable bonds is 8. The van der Waals surface area contributed by atoms with Gasteiger partial charge in [-0.15, -0.1) is 0 Å². The van der Waals surface area contributed by atoms with Gasteiger partial charge in [0.1, 0.15) is 6.61 Å². The van der Waals surface area contributed by atoms with Crippen LogP contribution in [0.4, 0.5) is 0 Å². The van der Waals surface area contributed by atoms with E-state index in [1.54, 1.807) is 7.11 Å². The molecular weight excluding hydrogens is 266 g/mol. The third-order valence-corrected chi connectivity index (χ3v) is 4.22. The normalized spacial score (nSPS) is 17.8. The second-order valence-electron chi connectivity index (χ2n) is 5.87. The lowest BCUT2D eigenvalue weighted by Crippen LogP contribution is -2.49. The van der Waals surface area contributed by atoms with Gasteiger partial charge >= 0.3 is 5.97 Å². The van der Waals surface area contributed by atoms with E-state index in [1.807, 2.05) is 37.3 Å². The highest BCUT2D eigenvalue weighted by Crippen LogP contribution is 2.34. The molecule has 1 aromatic rings. The van der Waals surface area contributed by atoms with Gasteiger partial charge in [0, 0.05) is 20.2 Å². The third-order valence-electron chi connectivity index (χ3n) is 4.22. The van der Waals surface area contributed by atoms with Gasteiger partial charge < -0.3 is 14.8 Å². The molecule has 0 spiro atoms. The van der Waals surface area contributed by atoms with Gasteiger partial charge in [-0.3, -0.25) is 4.79 Å². The van der Waals surface area contributed by atoms with Crippen molar-refractivity contribution >= 4 is 5.97 Å². The predicted molar refractivity (Wildman–Crippen MR) is 81.9 cm³/mol. The minimum atomic E-state index is -0.161. The topological polar surface area (TPSA) is 47.6 Å². The Balaban J connectivity index is 1.65. The van der Waals surface area contributed by atoms with Crippen LogP contribution in [0.2, 0.25) is 0 Å². The van der Waals surface area contributed by atoms with Crippen molar-refractivity contribution in [2.45, 2.75) is 38.4 Å². The summed E-state index contributed by atoms with van der Waals surface area (Å²) < 4.78 is 10.9. The average molecular weight is 291 g/mol. The fourth-order valence-corrected chi connectivity index (χ4v) is 2.49. The molecule has 1 N–H and O–H groups in total. The lowest BCUT2D eigenvalue weighted by atomic mass is 9.80. The van der Waals surface area contributed by atoms with Crippen LogP contribution in [0.5, 0.6) is 0 Å². The van der Waals surface area contributed by atoms with Gasteiger partial charge in [-0.2, -0.15) is 0 Å². The number of nitrogens with one attached hydrogen (secondary N) is 1. The number of esters is 1. The number of benzene rings is 1. The van der Waals surface area contributed by atoms with Crippen LogP contribution in [-0.4, -0.2) is 31.8 Å². The molecule has 0 aliphatic heterocycles. The van der Waals surface area contributed by atoms with E-state index in [0.29, 0.717) is 13.2 Å². The first-order valence-electron chi connectivity index (χ1n) is 7.62.